The fraction of sp³-hybridized carbons (Fsp3) is 0.318. The van der Waals surface area contributed by atoms with Gasteiger partial charge in [0.25, 0.3) is 0 Å². The van der Waals surface area contributed by atoms with E-state index in [0.29, 0.717) is 24.6 Å². The number of carbonyl (C=O) groups excluding carboxylic acids is 1. The molecular formula is C22H27N3O. The smallest absolute Gasteiger partial charge is 0.212 e. The number of hydrogen-bond donors (Lipinski definition) is 0. The number of hydrogen-bond acceptors (Lipinski definition) is 4. The molecule has 4 heteroatoms. The average molecular weight is 349 g/mol. The number of benzene rings is 1. The van der Waals surface area contributed by atoms with Crippen LogP contribution in [0.15, 0.2) is 37.4 Å². The Morgan fingerprint density at radius 1 is 1.00 bits per heavy atom. The van der Waals surface area contributed by atoms with Gasteiger partial charge in [0.1, 0.15) is 17.3 Å². The number of anilines is 1. The minimum absolute atomic E-state index is 0.0543. The van der Waals surface area contributed by atoms with Crippen molar-refractivity contribution in [2.75, 3.05) is 18.0 Å². The van der Waals surface area contributed by atoms with Gasteiger partial charge >= 0.3 is 0 Å². The van der Waals surface area contributed by atoms with Crippen LogP contribution in [0.3, 0.4) is 0 Å². The van der Waals surface area contributed by atoms with Crippen LogP contribution < -0.4 is 4.90 Å². The molecule has 0 saturated carbocycles. The first-order valence-electron chi connectivity index (χ1n) is 8.74. The first-order valence-corrected chi connectivity index (χ1v) is 8.74. The highest BCUT2D eigenvalue weighted by atomic mass is 16.1. The van der Waals surface area contributed by atoms with Gasteiger partial charge in [0.15, 0.2) is 0 Å². The van der Waals surface area contributed by atoms with E-state index >= 15 is 0 Å². The monoisotopic (exact) mass is 349 g/mol. The van der Waals surface area contributed by atoms with Gasteiger partial charge in [0, 0.05) is 24.2 Å². The van der Waals surface area contributed by atoms with Crippen molar-refractivity contribution >= 4 is 11.6 Å². The zero-order chi connectivity index (χ0) is 19.4. The molecule has 136 valence electrons. The second kappa shape index (κ2) is 8.09. The highest BCUT2D eigenvalue weighted by molar-refractivity contribution is 6.11. The molecule has 2 rings (SSSR count). The van der Waals surface area contributed by atoms with Crippen LogP contribution in [-0.4, -0.2) is 28.8 Å². The predicted molar refractivity (Wildman–Crippen MR) is 108 cm³/mol. The fourth-order valence-corrected chi connectivity index (χ4v) is 3.36. The number of ketones is 1. The van der Waals surface area contributed by atoms with Crippen molar-refractivity contribution in [1.82, 2.24) is 9.97 Å². The highest BCUT2D eigenvalue weighted by Crippen LogP contribution is 2.25. The van der Waals surface area contributed by atoms with E-state index in [4.69, 9.17) is 0 Å². The molecule has 0 amide bonds. The minimum atomic E-state index is -0.0543. The molecule has 1 aromatic heterocycles. The first-order chi connectivity index (χ1) is 12.3. The second-order valence-electron chi connectivity index (χ2n) is 6.65. The Hall–Kier alpha value is -2.75. The van der Waals surface area contributed by atoms with Gasteiger partial charge in [0.2, 0.25) is 5.78 Å². The summed E-state index contributed by atoms with van der Waals surface area (Å²) in [7, 11) is 0. The fourth-order valence-electron chi connectivity index (χ4n) is 3.36. The van der Waals surface area contributed by atoms with E-state index in [0.717, 1.165) is 33.6 Å². The van der Waals surface area contributed by atoms with Crippen LogP contribution in [0.2, 0.25) is 0 Å². The van der Waals surface area contributed by atoms with Crippen LogP contribution in [0, 0.1) is 34.6 Å². The summed E-state index contributed by atoms with van der Waals surface area (Å²) in [6.07, 6.45) is 3.63. The molecule has 2 aromatic rings. The maximum Gasteiger partial charge on any atom is 0.212 e. The van der Waals surface area contributed by atoms with Crippen molar-refractivity contribution in [1.29, 1.82) is 0 Å². The van der Waals surface area contributed by atoms with Crippen LogP contribution in [0.5, 0.6) is 0 Å². The lowest BCUT2D eigenvalue weighted by atomic mass is 9.94. The SMILES string of the molecule is C=CCN(CC=C)c1nc(C)nc(C(=O)c2c(C)cc(C)cc2C)c1C. The molecule has 0 unspecified atom stereocenters. The van der Waals surface area contributed by atoms with Crippen LogP contribution in [-0.2, 0) is 0 Å². The van der Waals surface area contributed by atoms with E-state index in [1.54, 1.807) is 0 Å². The Morgan fingerprint density at radius 2 is 1.54 bits per heavy atom. The summed E-state index contributed by atoms with van der Waals surface area (Å²) < 4.78 is 0. The van der Waals surface area contributed by atoms with E-state index < -0.39 is 0 Å². The van der Waals surface area contributed by atoms with Gasteiger partial charge in [-0.05, 0) is 45.7 Å². The molecule has 0 spiro atoms. The molecule has 0 aliphatic heterocycles. The molecule has 1 heterocycles. The Balaban J connectivity index is 2.62. The second-order valence-corrected chi connectivity index (χ2v) is 6.65. The van der Waals surface area contributed by atoms with E-state index in [-0.39, 0.29) is 5.78 Å². The van der Waals surface area contributed by atoms with Crippen molar-refractivity contribution in [2.24, 2.45) is 0 Å². The maximum absolute atomic E-state index is 13.3. The zero-order valence-corrected chi connectivity index (χ0v) is 16.4. The Morgan fingerprint density at radius 3 is 2.04 bits per heavy atom. The van der Waals surface area contributed by atoms with E-state index in [1.807, 2.05) is 63.8 Å². The standard InChI is InChI=1S/C22H27N3O/c1-8-10-25(11-9-2)22-17(6)20(23-18(7)24-22)21(26)19-15(4)12-14(3)13-16(19)5/h8-9,12-13H,1-2,10-11H2,3-7H3. The number of aromatic nitrogens is 2. The third-order valence-corrected chi connectivity index (χ3v) is 4.35. The molecule has 0 N–H and O–H groups in total. The molecule has 0 saturated heterocycles. The topological polar surface area (TPSA) is 46.1 Å². The van der Waals surface area contributed by atoms with Crippen LogP contribution >= 0.6 is 0 Å². The van der Waals surface area contributed by atoms with Crippen LogP contribution in [0.1, 0.15) is 44.1 Å². The van der Waals surface area contributed by atoms with Gasteiger partial charge in [-0.15, -0.1) is 13.2 Å². The zero-order valence-electron chi connectivity index (χ0n) is 16.4. The van der Waals surface area contributed by atoms with Crippen LogP contribution in [0.4, 0.5) is 5.82 Å². The molecule has 0 aliphatic carbocycles. The van der Waals surface area contributed by atoms with Crippen molar-refractivity contribution in [3.63, 3.8) is 0 Å². The van der Waals surface area contributed by atoms with Crippen molar-refractivity contribution in [3.8, 4) is 0 Å². The van der Waals surface area contributed by atoms with Gasteiger partial charge in [0.05, 0.1) is 0 Å². The summed E-state index contributed by atoms with van der Waals surface area (Å²) in [6, 6.07) is 4.07. The summed E-state index contributed by atoms with van der Waals surface area (Å²) in [6.45, 7) is 18.6. The first kappa shape index (κ1) is 19.6. The van der Waals surface area contributed by atoms with Crippen molar-refractivity contribution in [2.45, 2.75) is 34.6 Å². The molecule has 4 nitrogen and oxygen atoms in total. The van der Waals surface area contributed by atoms with Crippen LogP contribution in [0.25, 0.3) is 0 Å². The van der Waals surface area contributed by atoms with E-state index in [2.05, 4.69) is 23.1 Å². The van der Waals surface area contributed by atoms with Gasteiger partial charge in [-0.3, -0.25) is 4.79 Å². The van der Waals surface area contributed by atoms with Gasteiger partial charge < -0.3 is 4.90 Å². The molecule has 1 aromatic carbocycles. The lowest BCUT2D eigenvalue weighted by Crippen LogP contribution is -2.27. The summed E-state index contributed by atoms with van der Waals surface area (Å²) in [5.41, 5.74) is 5.06. The summed E-state index contributed by atoms with van der Waals surface area (Å²) >= 11 is 0. The van der Waals surface area contributed by atoms with E-state index in [9.17, 15) is 4.79 Å². The Bertz CT molecular complexity index is 835. The highest BCUT2D eigenvalue weighted by Gasteiger charge is 2.22. The average Bonchev–Trinajstić information content (AvgIpc) is 2.55. The Kier molecular flexibility index (Phi) is 6.09. The third-order valence-electron chi connectivity index (χ3n) is 4.35. The van der Waals surface area contributed by atoms with Crippen molar-refractivity contribution < 1.29 is 4.79 Å². The molecule has 0 radical (unpaired) electrons. The molecule has 0 atom stereocenters. The Labute approximate surface area is 156 Å². The quantitative estimate of drug-likeness (QED) is 0.548. The number of carbonyl (C=O) groups is 1. The summed E-state index contributed by atoms with van der Waals surface area (Å²) in [5, 5.41) is 0. The van der Waals surface area contributed by atoms with Gasteiger partial charge in [-0.25, -0.2) is 9.97 Å². The number of nitrogens with zero attached hydrogens (tertiary/aromatic N) is 3. The normalized spacial score (nSPS) is 10.5. The minimum Gasteiger partial charge on any atom is -0.349 e. The maximum atomic E-state index is 13.3. The molecule has 0 aliphatic rings. The molecule has 26 heavy (non-hydrogen) atoms. The molecular weight excluding hydrogens is 322 g/mol. The summed E-state index contributed by atoms with van der Waals surface area (Å²) in [5.74, 6) is 1.28. The van der Waals surface area contributed by atoms with Gasteiger partial charge in [-0.1, -0.05) is 29.8 Å². The van der Waals surface area contributed by atoms with Gasteiger partial charge in [-0.2, -0.15) is 0 Å². The number of rotatable bonds is 7. The largest absolute Gasteiger partial charge is 0.349 e. The third kappa shape index (κ3) is 3.90. The van der Waals surface area contributed by atoms with Crippen molar-refractivity contribution in [3.05, 3.63) is 76.8 Å². The predicted octanol–water partition coefficient (Wildman–Crippen LogP) is 4.43. The lowest BCUT2D eigenvalue weighted by molar-refractivity contribution is 0.103. The molecule has 0 bridgehead atoms. The lowest BCUT2D eigenvalue weighted by Gasteiger charge is -2.24. The van der Waals surface area contributed by atoms with E-state index in [1.165, 1.54) is 0 Å². The number of aryl methyl sites for hydroxylation is 4. The summed E-state index contributed by atoms with van der Waals surface area (Å²) in [4.78, 5) is 24.4. The molecule has 0 fully saturated rings.